The minimum absolute atomic E-state index is 0.200. The summed E-state index contributed by atoms with van der Waals surface area (Å²) in [5, 5.41) is 2.38. The minimum atomic E-state index is -2.93. The van der Waals surface area contributed by atoms with Crippen LogP contribution in [0.25, 0.3) is 0 Å². The summed E-state index contributed by atoms with van der Waals surface area (Å²) in [6, 6.07) is 4.79. The molecule has 0 aliphatic heterocycles. The molecule has 0 unspecified atom stereocenters. The van der Waals surface area contributed by atoms with Crippen molar-refractivity contribution >= 4 is 40.1 Å². The maximum Gasteiger partial charge on any atom is 0.262 e. The normalized spacial score (nSPS) is 11.3. The predicted octanol–water partition coefficient (Wildman–Crippen LogP) is 3.33. The second-order valence-electron chi connectivity index (χ2n) is 3.38. The molecule has 6 heteroatoms. The highest BCUT2D eigenvalue weighted by Crippen LogP contribution is 2.19. The Kier molecular flexibility index (Phi) is 4.49. The quantitative estimate of drug-likeness (QED) is 0.824. The Morgan fingerprint density at radius 1 is 1.56 bits per heavy atom. The number of amides is 1. The van der Waals surface area contributed by atoms with Gasteiger partial charge in [-0.15, -0.1) is 0 Å². The van der Waals surface area contributed by atoms with Gasteiger partial charge in [-0.3, -0.25) is 4.79 Å². The van der Waals surface area contributed by atoms with Crippen LogP contribution in [0.2, 0.25) is 5.02 Å². The molecule has 88 valence electrons. The lowest BCUT2D eigenvalue weighted by Crippen LogP contribution is -2.34. The van der Waals surface area contributed by atoms with Crippen molar-refractivity contribution in [2.75, 3.05) is 6.54 Å². The molecule has 0 aliphatic rings. The van der Waals surface area contributed by atoms with Gasteiger partial charge in [0.2, 0.25) is 0 Å². The first kappa shape index (κ1) is 13.6. The van der Waals surface area contributed by atoms with Gasteiger partial charge in [0.15, 0.2) is 0 Å². The Balaban J connectivity index is 2.74. The van der Waals surface area contributed by atoms with E-state index in [9.17, 15) is 13.6 Å². The summed E-state index contributed by atoms with van der Waals surface area (Å²) in [6.45, 7) is 0.0387. The van der Waals surface area contributed by atoms with E-state index in [1.54, 1.807) is 12.1 Å². The summed E-state index contributed by atoms with van der Waals surface area (Å²) in [4.78, 5) is 11.5. The number of rotatable bonds is 3. The van der Waals surface area contributed by atoms with E-state index in [1.165, 1.54) is 6.07 Å². The van der Waals surface area contributed by atoms with Crippen LogP contribution >= 0.6 is 34.2 Å². The van der Waals surface area contributed by atoms with Crippen molar-refractivity contribution in [2.24, 2.45) is 0 Å². The number of hydrogen-bond acceptors (Lipinski definition) is 1. The summed E-state index contributed by atoms with van der Waals surface area (Å²) in [5.41, 5.74) is 0.200. The zero-order chi connectivity index (χ0) is 12.3. The monoisotopic (exact) mass is 359 g/mol. The van der Waals surface area contributed by atoms with Crippen molar-refractivity contribution in [3.8, 4) is 0 Å². The first-order valence-corrected chi connectivity index (χ1v) is 5.86. The molecule has 1 aromatic carbocycles. The summed E-state index contributed by atoms with van der Waals surface area (Å²) in [6.07, 6.45) is 0. The van der Waals surface area contributed by atoms with Gasteiger partial charge in [-0.2, -0.15) is 0 Å². The van der Waals surface area contributed by atoms with Crippen molar-refractivity contribution in [3.05, 3.63) is 32.4 Å². The van der Waals surface area contributed by atoms with E-state index in [4.69, 9.17) is 11.6 Å². The number of hydrogen-bond donors (Lipinski definition) is 1. The average molecular weight is 360 g/mol. The Hall–Kier alpha value is -0.430. The van der Waals surface area contributed by atoms with E-state index in [0.29, 0.717) is 0 Å². The van der Waals surface area contributed by atoms with Crippen molar-refractivity contribution in [2.45, 2.75) is 12.8 Å². The van der Waals surface area contributed by atoms with Gasteiger partial charge >= 0.3 is 0 Å². The molecule has 0 atom stereocenters. The Morgan fingerprint density at radius 2 is 2.19 bits per heavy atom. The molecule has 0 aliphatic carbocycles. The van der Waals surface area contributed by atoms with Gasteiger partial charge in [0.1, 0.15) is 0 Å². The molecular weight excluding hydrogens is 350 g/mol. The molecule has 0 saturated heterocycles. The van der Waals surface area contributed by atoms with Gasteiger partial charge in [-0.05, 0) is 40.8 Å². The smallest absolute Gasteiger partial charge is 0.262 e. The molecule has 1 rings (SSSR count). The molecule has 1 N–H and O–H groups in total. The topological polar surface area (TPSA) is 29.1 Å². The lowest BCUT2D eigenvalue weighted by Gasteiger charge is -2.12. The van der Waals surface area contributed by atoms with Crippen molar-refractivity contribution in [3.63, 3.8) is 0 Å². The number of carbonyl (C=O) groups is 1. The molecule has 0 spiro atoms. The summed E-state index contributed by atoms with van der Waals surface area (Å²) >= 11 is 7.86. The molecule has 16 heavy (non-hydrogen) atoms. The molecule has 2 nitrogen and oxygen atoms in total. The number of nitrogens with one attached hydrogen (secondary N) is 1. The third-order valence-corrected chi connectivity index (χ3v) is 2.72. The Bertz CT molecular complexity index is 406. The minimum Gasteiger partial charge on any atom is -0.346 e. The Morgan fingerprint density at radius 3 is 2.69 bits per heavy atom. The standard InChI is InChI=1S/C10H9ClF2INO/c1-10(12,13)5-15-9(16)7-3-2-6(14)4-8(7)11/h2-4H,5H2,1H3,(H,15,16). The van der Waals surface area contributed by atoms with Crippen LogP contribution in [0.15, 0.2) is 18.2 Å². The van der Waals surface area contributed by atoms with Crippen molar-refractivity contribution < 1.29 is 13.6 Å². The summed E-state index contributed by atoms with van der Waals surface area (Å²) < 4.78 is 25.9. The fourth-order valence-electron chi connectivity index (χ4n) is 1.00. The molecule has 0 radical (unpaired) electrons. The van der Waals surface area contributed by atoms with E-state index in [0.717, 1.165) is 10.5 Å². The van der Waals surface area contributed by atoms with E-state index < -0.39 is 18.4 Å². The molecule has 1 amide bonds. The largest absolute Gasteiger partial charge is 0.346 e. The van der Waals surface area contributed by atoms with Crippen LogP contribution in [0.1, 0.15) is 17.3 Å². The van der Waals surface area contributed by atoms with E-state index in [-0.39, 0.29) is 10.6 Å². The van der Waals surface area contributed by atoms with Crippen LogP contribution in [0, 0.1) is 3.57 Å². The SMILES string of the molecule is CC(F)(F)CNC(=O)c1ccc(I)cc1Cl. The van der Waals surface area contributed by atoms with Gasteiger partial charge < -0.3 is 5.32 Å². The predicted molar refractivity (Wildman–Crippen MR) is 67.1 cm³/mol. The lowest BCUT2D eigenvalue weighted by atomic mass is 10.2. The maximum absolute atomic E-state index is 12.5. The highest BCUT2D eigenvalue weighted by molar-refractivity contribution is 14.1. The van der Waals surface area contributed by atoms with Crippen LogP contribution in [0.3, 0.4) is 0 Å². The van der Waals surface area contributed by atoms with Crippen LogP contribution in [0.4, 0.5) is 8.78 Å². The average Bonchev–Trinajstić information content (AvgIpc) is 2.13. The number of carbonyl (C=O) groups excluding carboxylic acids is 1. The van der Waals surface area contributed by atoms with Gasteiger partial charge in [-0.25, -0.2) is 8.78 Å². The van der Waals surface area contributed by atoms with E-state index in [1.807, 2.05) is 22.6 Å². The Labute approximate surface area is 110 Å². The zero-order valence-electron chi connectivity index (χ0n) is 8.36. The highest BCUT2D eigenvalue weighted by atomic mass is 127. The lowest BCUT2D eigenvalue weighted by molar-refractivity contribution is 0.0221. The first-order chi connectivity index (χ1) is 7.29. The van der Waals surface area contributed by atoms with Crippen molar-refractivity contribution in [1.29, 1.82) is 0 Å². The van der Waals surface area contributed by atoms with Crippen LogP contribution in [0.5, 0.6) is 0 Å². The molecule has 0 aromatic heterocycles. The number of halogens is 4. The zero-order valence-corrected chi connectivity index (χ0v) is 11.3. The summed E-state index contributed by atoms with van der Waals surface area (Å²) in [5.74, 6) is -3.52. The highest BCUT2D eigenvalue weighted by Gasteiger charge is 2.22. The first-order valence-electron chi connectivity index (χ1n) is 4.41. The molecule has 1 aromatic rings. The van der Waals surface area contributed by atoms with Crippen LogP contribution < -0.4 is 5.32 Å². The molecule has 0 heterocycles. The van der Waals surface area contributed by atoms with Crippen LogP contribution in [-0.2, 0) is 0 Å². The number of benzene rings is 1. The van der Waals surface area contributed by atoms with E-state index in [2.05, 4.69) is 5.32 Å². The second kappa shape index (κ2) is 5.27. The molecule has 0 fully saturated rings. The van der Waals surface area contributed by atoms with Gasteiger partial charge in [0.25, 0.3) is 11.8 Å². The van der Waals surface area contributed by atoms with Crippen molar-refractivity contribution in [1.82, 2.24) is 5.32 Å². The van der Waals surface area contributed by atoms with E-state index >= 15 is 0 Å². The molecule has 0 bridgehead atoms. The van der Waals surface area contributed by atoms with Gasteiger partial charge in [0, 0.05) is 10.5 Å². The van der Waals surface area contributed by atoms with Crippen LogP contribution in [-0.4, -0.2) is 18.4 Å². The molecule has 0 saturated carbocycles. The fraction of sp³-hybridized carbons (Fsp3) is 0.300. The second-order valence-corrected chi connectivity index (χ2v) is 5.03. The third-order valence-electron chi connectivity index (χ3n) is 1.74. The fourth-order valence-corrected chi connectivity index (χ4v) is 1.95. The third kappa shape index (κ3) is 4.21. The number of alkyl halides is 2. The maximum atomic E-state index is 12.5. The van der Waals surface area contributed by atoms with Gasteiger partial charge in [0.05, 0.1) is 17.1 Å². The molecular formula is C10H9ClF2INO. The summed E-state index contributed by atoms with van der Waals surface area (Å²) in [7, 11) is 0. The van der Waals surface area contributed by atoms with Gasteiger partial charge in [-0.1, -0.05) is 11.6 Å².